The SMILES string of the molecule is CCOC(=O)ON1CCN(C(=O)[C@H](CCC(=O)O)NC(=O)c2cc(-n3ccc(=O)cc3)nc(-c3ccccc3)n2)CC1. The average molecular weight is 579 g/mol. The molecule has 1 aliphatic rings. The summed E-state index contributed by atoms with van der Waals surface area (Å²) in [5.74, 6) is -1.75. The van der Waals surface area contributed by atoms with E-state index >= 15 is 0 Å². The largest absolute Gasteiger partial charge is 0.527 e. The van der Waals surface area contributed by atoms with Crippen LogP contribution in [0, 0.1) is 0 Å². The lowest BCUT2D eigenvalue weighted by Crippen LogP contribution is -2.55. The molecular weight excluding hydrogens is 548 g/mol. The van der Waals surface area contributed by atoms with Crippen molar-refractivity contribution < 1.29 is 33.9 Å². The van der Waals surface area contributed by atoms with E-state index in [1.807, 2.05) is 6.07 Å². The molecule has 4 rings (SSSR count). The first-order chi connectivity index (χ1) is 20.2. The van der Waals surface area contributed by atoms with E-state index in [-0.39, 0.29) is 62.6 Å². The van der Waals surface area contributed by atoms with Gasteiger partial charge in [-0.1, -0.05) is 30.3 Å². The topological polar surface area (TPSA) is 173 Å². The van der Waals surface area contributed by atoms with Crippen LogP contribution in [0.15, 0.2) is 65.7 Å². The monoisotopic (exact) mass is 578 g/mol. The lowest BCUT2D eigenvalue weighted by molar-refractivity contribution is -0.157. The van der Waals surface area contributed by atoms with Gasteiger partial charge < -0.3 is 29.5 Å². The molecule has 0 saturated carbocycles. The quantitative estimate of drug-likeness (QED) is 0.334. The number of hydrogen-bond donors (Lipinski definition) is 2. The van der Waals surface area contributed by atoms with Crippen molar-refractivity contribution in [3.05, 3.63) is 76.8 Å². The Balaban J connectivity index is 1.55. The van der Waals surface area contributed by atoms with Crippen molar-refractivity contribution in [1.82, 2.24) is 29.8 Å². The average Bonchev–Trinajstić information content (AvgIpc) is 2.99. The molecule has 0 unspecified atom stereocenters. The van der Waals surface area contributed by atoms with Gasteiger partial charge in [-0.15, -0.1) is 5.06 Å². The van der Waals surface area contributed by atoms with E-state index in [2.05, 4.69) is 15.3 Å². The van der Waals surface area contributed by atoms with Gasteiger partial charge in [-0.05, 0) is 13.3 Å². The number of amides is 2. The number of hydroxylamine groups is 2. The molecule has 2 amide bonds. The minimum Gasteiger partial charge on any atom is -0.481 e. The van der Waals surface area contributed by atoms with Crippen molar-refractivity contribution >= 4 is 23.9 Å². The van der Waals surface area contributed by atoms with E-state index < -0.39 is 30.0 Å². The number of nitrogens with zero attached hydrogens (tertiary/aromatic N) is 5. The smallest absolute Gasteiger partial charge is 0.481 e. The summed E-state index contributed by atoms with van der Waals surface area (Å²) in [5, 5.41) is 13.3. The third-order valence-corrected chi connectivity index (χ3v) is 6.31. The standard InChI is InChI=1S/C28H30N6O8/c1-2-41-28(40)42-34-16-14-33(15-17-34)27(39)21(8-9-24(36)37)30-26(38)22-18-23(32-12-10-20(35)11-13-32)31-25(29-22)19-6-4-3-5-7-19/h3-7,10-13,18,21H,2,8-9,14-17H2,1H3,(H,30,38)(H,36,37)/t21-/m0/s1. The lowest BCUT2D eigenvalue weighted by Gasteiger charge is -2.35. The Morgan fingerprint density at radius 2 is 1.69 bits per heavy atom. The van der Waals surface area contributed by atoms with Crippen molar-refractivity contribution in [2.75, 3.05) is 32.8 Å². The fourth-order valence-electron chi connectivity index (χ4n) is 4.19. The molecule has 14 nitrogen and oxygen atoms in total. The summed E-state index contributed by atoms with van der Waals surface area (Å²) in [6.45, 7) is 2.59. The van der Waals surface area contributed by atoms with Crippen LogP contribution in [-0.2, 0) is 19.2 Å². The summed E-state index contributed by atoms with van der Waals surface area (Å²) in [7, 11) is 0. The molecule has 3 heterocycles. The molecule has 1 saturated heterocycles. The number of piperazine rings is 1. The molecule has 2 N–H and O–H groups in total. The summed E-state index contributed by atoms with van der Waals surface area (Å²) in [6.07, 6.45) is 1.66. The van der Waals surface area contributed by atoms with E-state index in [4.69, 9.17) is 9.57 Å². The Morgan fingerprint density at radius 1 is 1.00 bits per heavy atom. The maximum Gasteiger partial charge on any atom is 0.527 e. The fourth-order valence-corrected chi connectivity index (χ4v) is 4.19. The van der Waals surface area contributed by atoms with E-state index in [1.54, 1.807) is 35.8 Å². The first-order valence-corrected chi connectivity index (χ1v) is 13.3. The number of aliphatic carboxylic acids is 1. The normalized spacial score (nSPS) is 14.1. The molecule has 1 fully saturated rings. The van der Waals surface area contributed by atoms with Crippen LogP contribution in [0.2, 0.25) is 0 Å². The first-order valence-electron chi connectivity index (χ1n) is 13.3. The third-order valence-electron chi connectivity index (χ3n) is 6.31. The second-order valence-corrected chi connectivity index (χ2v) is 9.23. The van der Waals surface area contributed by atoms with Crippen LogP contribution < -0.4 is 10.7 Å². The molecule has 0 bridgehead atoms. The van der Waals surface area contributed by atoms with Crippen LogP contribution in [0.5, 0.6) is 0 Å². The highest BCUT2D eigenvalue weighted by molar-refractivity contribution is 5.97. The van der Waals surface area contributed by atoms with E-state index in [0.717, 1.165) is 0 Å². The summed E-state index contributed by atoms with van der Waals surface area (Å²) >= 11 is 0. The van der Waals surface area contributed by atoms with Gasteiger partial charge in [-0.25, -0.2) is 14.8 Å². The Morgan fingerprint density at radius 3 is 2.33 bits per heavy atom. The zero-order chi connectivity index (χ0) is 30.1. The van der Waals surface area contributed by atoms with Gasteiger partial charge in [0, 0.05) is 55.7 Å². The number of aromatic nitrogens is 3. The molecule has 2 aromatic heterocycles. The lowest BCUT2D eigenvalue weighted by atomic mass is 10.1. The number of hydrogen-bond acceptors (Lipinski definition) is 10. The Bertz CT molecular complexity index is 1470. The molecule has 220 valence electrons. The summed E-state index contributed by atoms with van der Waals surface area (Å²) < 4.78 is 6.32. The minimum absolute atomic E-state index is 0.0571. The van der Waals surface area contributed by atoms with Gasteiger partial charge in [0.05, 0.1) is 19.7 Å². The summed E-state index contributed by atoms with van der Waals surface area (Å²) in [5.41, 5.74) is 0.379. The third kappa shape index (κ3) is 7.97. The van der Waals surface area contributed by atoms with Crippen LogP contribution in [0.4, 0.5) is 4.79 Å². The number of carboxylic acid groups (broad SMARTS) is 1. The maximum absolute atomic E-state index is 13.5. The van der Waals surface area contributed by atoms with Crippen molar-refractivity contribution in [3.63, 3.8) is 0 Å². The molecule has 0 radical (unpaired) electrons. The van der Waals surface area contributed by atoms with Crippen molar-refractivity contribution in [2.24, 2.45) is 0 Å². The molecule has 1 aromatic carbocycles. The Hall–Kier alpha value is -5.11. The molecule has 0 aliphatic carbocycles. The molecule has 14 heteroatoms. The van der Waals surface area contributed by atoms with Crippen LogP contribution in [0.1, 0.15) is 30.3 Å². The van der Waals surface area contributed by atoms with Gasteiger partial charge in [0.1, 0.15) is 17.6 Å². The van der Waals surface area contributed by atoms with Crippen LogP contribution in [0.25, 0.3) is 17.2 Å². The molecule has 1 aliphatic heterocycles. The van der Waals surface area contributed by atoms with Gasteiger partial charge in [0.2, 0.25) is 5.91 Å². The van der Waals surface area contributed by atoms with Crippen molar-refractivity contribution in [1.29, 1.82) is 0 Å². The van der Waals surface area contributed by atoms with Crippen LogP contribution in [-0.4, -0.2) is 92.4 Å². The zero-order valence-corrected chi connectivity index (χ0v) is 22.8. The van der Waals surface area contributed by atoms with Crippen LogP contribution >= 0.6 is 0 Å². The van der Waals surface area contributed by atoms with Gasteiger partial charge in [0.15, 0.2) is 11.3 Å². The highest BCUT2D eigenvalue weighted by Crippen LogP contribution is 2.18. The number of nitrogens with one attached hydrogen (secondary N) is 1. The summed E-state index contributed by atoms with van der Waals surface area (Å²) in [6, 6.07) is 11.9. The van der Waals surface area contributed by atoms with Crippen molar-refractivity contribution in [2.45, 2.75) is 25.8 Å². The number of carbonyl (C=O) groups excluding carboxylic acids is 3. The van der Waals surface area contributed by atoms with Gasteiger partial charge in [0.25, 0.3) is 5.91 Å². The van der Waals surface area contributed by atoms with Gasteiger partial charge >= 0.3 is 12.1 Å². The second-order valence-electron chi connectivity index (χ2n) is 9.23. The van der Waals surface area contributed by atoms with E-state index in [0.29, 0.717) is 11.4 Å². The molecular formula is C28H30N6O8. The van der Waals surface area contributed by atoms with Gasteiger partial charge in [-0.2, -0.15) is 0 Å². The number of carboxylic acids is 1. The summed E-state index contributed by atoms with van der Waals surface area (Å²) in [4.78, 5) is 76.9. The molecule has 3 aromatic rings. The predicted molar refractivity (Wildman–Crippen MR) is 147 cm³/mol. The zero-order valence-electron chi connectivity index (χ0n) is 22.8. The first kappa shape index (κ1) is 29.9. The second kappa shape index (κ2) is 14.0. The fraction of sp³-hybridized carbons (Fsp3) is 0.321. The molecule has 0 spiro atoms. The number of benzene rings is 1. The maximum atomic E-state index is 13.5. The minimum atomic E-state index is -1.16. The Kier molecular flexibility index (Phi) is 9.94. The number of carbonyl (C=O) groups is 4. The van der Waals surface area contributed by atoms with E-state index in [9.17, 15) is 29.1 Å². The number of rotatable bonds is 10. The van der Waals surface area contributed by atoms with Gasteiger partial charge in [-0.3, -0.25) is 19.2 Å². The molecule has 42 heavy (non-hydrogen) atoms. The number of ether oxygens (including phenoxy) is 1. The van der Waals surface area contributed by atoms with E-state index in [1.165, 1.54) is 40.6 Å². The highest BCUT2D eigenvalue weighted by atomic mass is 16.8. The molecule has 1 atom stereocenters. The number of pyridine rings is 1. The predicted octanol–water partition coefficient (Wildman–Crippen LogP) is 1.49. The highest BCUT2D eigenvalue weighted by Gasteiger charge is 2.31. The van der Waals surface area contributed by atoms with Crippen LogP contribution in [0.3, 0.4) is 0 Å². The van der Waals surface area contributed by atoms with Crippen molar-refractivity contribution in [3.8, 4) is 17.2 Å². The Labute approximate surface area is 240 Å².